The van der Waals surface area contributed by atoms with Crippen LogP contribution < -0.4 is 9.47 Å². The summed E-state index contributed by atoms with van der Waals surface area (Å²) in [5, 5.41) is 0. The van der Waals surface area contributed by atoms with Crippen molar-refractivity contribution in [1.29, 1.82) is 0 Å². The molecule has 0 saturated carbocycles. The van der Waals surface area contributed by atoms with E-state index in [0.29, 0.717) is 20.4 Å². The van der Waals surface area contributed by atoms with Crippen LogP contribution in [0.5, 0.6) is 11.5 Å². The van der Waals surface area contributed by atoms with Gasteiger partial charge in [-0.3, -0.25) is 0 Å². The van der Waals surface area contributed by atoms with Crippen LogP contribution in [0.25, 0.3) is 0 Å². The zero-order valence-electron chi connectivity index (χ0n) is 11.1. The van der Waals surface area contributed by atoms with E-state index in [1.54, 1.807) is 32.4 Å². The molecular weight excluding hydrogens is 525 g/mol. The summed E-state index contributed by atoms with van der Waals surface area (Å²) in [7, 11) is 3.10. The molecule has 21 heavy (non-hydrogen) atoms. The molecule has 2 rings (SSSR count). The fourth-order valence-corrected chi connectivity index (χ4v) is 2.59. The van der Waals surface area contributed by atoms with E-state index in [9.17, 15) is 8.78 Å². The van der Waals surface area contributed by atoms with Crippen LogP contribution in [0.3, 0.4) is 0 Å². The Labute approximate surface area is 152 Å². The molecule has 2 aromatic rings. The van der Waals surface area contributed by atoms with Gasteiger partial charge < -0.3 is 9.47 Å². The Morgan fingerprint density at radius 2 is 1.52 bits per heavy atom. The van der Waals surface area contributed by atoms with Crippen molar-refractivity contribution in [2.24, 2.45) is 0 Å². The van der Waals surface area contributed by atoms with Gasteiger partial charge in [0, 0.05) is 0 Å². The normalized spacial score (nSPS) is 9.67. The molecule has 114 valence electrons. The van der Waals surface area contributed by atoms with Crippen molar-refractivity contribution < 1.29 is 18.3 Å². The second kappa shape index (κ2) is 8.89. The first-order valence-corrected chi connectivity index (χ1v) is 8.23. The summed E-state index contributed by atoms with van der Waals surface area (Å²) in [5.41, 5.74) is 0. The van der Waals surface area contributed by atoms with E-state index < -0.39 is 0 Å². The Hall–Kier alpha value is -0.410. The maximum absolute atomic E-state index is 12.8. The van der Waals surface area contributed by atoms with Gasteiger partial charge in [0.25, 0.3) is 0 Å². The first-order chi connectivity index (χ1) is 9.88. The van der Waals surface area contributed by atoms with Gasteiger partial charge in [0.2, 0.25) is 0 Å². The molecule has 0 spiro atoms. The van der Waals surface area contributed by atoms with Crippen molar-refractivity contribution in [1.82, 2.24) is 0 Å². The lowest BCUT2D eigenvalue weighted by atomic mass is 10.3. The molecule has 2 aromatic carbocycles. The second-order valence-corrected chi connectivity index (χ2v) is 6.55. The molecule has 0 saturated heterocycles. The summed E-state index contributed by atoms with van der Waals surface area (Å²) in [5.74, 6) is 0.781. The zero-order valence-corrected chi connectivity index (χ0v) is 16.4. The van der Waals surface area contributed by atoms with E-state index in [0.717, 1.165) is 3.57 Å². The number of ether oxygens (including phenoxy) is 2. The van der Waals surface area contributed by atoms with Crippen LogP contribution in [-0.4, -0.2) is 14.2 Å². The van der Waals surface area contributed by atoms with Crippen LogP contribution in [0, 0.1) is 15.2 Å². The minimum atomic E-state index is -0.277. The molecular formula is C14H11Br2F2IO2. The summed E-state index contributed by atoms with van der Waals surface area (Å²) < 4.78 is 36.8. The minimum Gasteiger partial charge on any atom is -0.497 e. The summed E-state index contributed by atoms with van der Waals surface area (Å²) in [6, 6.07) is 7.53. The first kappa shape index (κ1) is 18.6. The Kier molecular flexibility index (Phi) is 7.89. The van der Waals surface area contributed by atoms with Gasteiger partial charge >= 0.3 is 0 Å². The second-order valence-electron chi connectivity index (χ2n) is 3.68. The van der Waals surface area contributed by atoms with Gasteiger partial charge in [-0.15, -0.1) is 0 Å². The zero-order chi connectivity index (χ0) is 16.0. The first-order valence-electron chi connectivity index (χ1n) is 5.56. The van der Waals surface area contributed by atoms with E-state index in [4.69, 9.17) is 9.47 Å². The molecule has 2 nitrogen and oxygen atoms in total. The molecule has 0 aliphatic heterocycles. The minimum absolute atomic E-state index is 0.268. The summed E-state index contributed by atoms with van der Waals surface area (Å²) in [4.78, 5) is 0. The highest BCUT2D eigenvalue weighted by atomic mass is 127. The van der Waals surface area contributed by atoms with Crippen molar-refractivity contribution >= 4 is 54.5 Å². The number of hydrogen-bond acceptors (Lipinski definition) is 2. The van der Waals surface area contributed by atoms with Crippen LogP contribution >= 0.6 is 54.5 Å². The molecule has 0 amide bonds. The lowest BCUT2D eigenvalue weighted by molar-refractivity contribution is 0.410. The number of benzene rings is 2. The summed E-state index contributed by atoms with van der Waals surface area (Å²) in [6.45, 7) is 0. The molecule has 0 aliphatic rings. The van der Waals surface area contributed by atoms with Gasteiger partial charge in [-0.1, -0.05) is 0 Å². The predicted molar refractivity (Wildman–Crippen MR) is 94.0 cm³/mol. The fraction of sp³-hybridized carbons (Fsp3) is 0.143. The van der Waals surface area contributed by atoms with Crippen LogP contribution in [0.2, 0.25) is 0 Å². The van der Waals surface area contributed by atoms with Crippen LogP contribution in [-0.2, 0) is 0 Å². The average molecular weight is 536 g/mol. The summed E-state index contributed by atoms with van der Waals surface area (Å²) >= 11 is 8.11. The smallest absolute Gasteiger partial charge is 0.138 e. The van der Waals surface area contributed by atoms with Gasteiger partial charge in [0.05, 0.1) is 26.7 Å². The highest BCUT2D eigenvalue weighted by molar-refractivity contribution is 14.1. The van der Waals surface area contributed by atoms with E-state index >= 15 is 0 Å². The third-order valence-corrected chi connectivity index (χ3v) is 4.38. The maximum Gasteiger partial charge on any atom is 0.138 e. The molecule has 0 aromatic heterocycles. The van der Waals surface area contributed by atoms with Gasteiger partial charge in [-0.25, -0.2) is 8.78 Å². The number of halogens is 5. The van der Waals surface area contributed by atoms with Crippen molar-refractivity contribution in [3.63, 3.8) is 0 Å². The number of hydrogen-bond donors (Lipinski definition) is 0. The highest BCUT2D eigenvalue weighted by Gasteiger charge is 2.05. The van der Waals surface area contributed by atoms with Gasteiger partial charge in [0.1, 0.15) is 23.1 Å². The monoisotopic (exact) mass is 534 g/mol. The maximum atomic E-state index is 12.8. The Morgan fingerprint density at radius 3 is 2.05 bits per heavy atom. The highest BCUT2D eigenvalue weighted by Crippen LogP contribution is 2.27. The van der Waals surface area contributed by atoms with Gasteiger partial charge in [0.15, 0.2) is 0 Å². The van der Waals surface area contributed by atoms with Crippen molar-refractivity contribution in [3.8, 4) is 11.5 Å². The Balaban J connectivity index is 0.000000211. The van der Waals surface area contributed by atoms with Crippen LogP contribution in [0.4, 0.5) is 8.78 Å². The molecule has 0 heterocycles. The van der Waals surface area contributed by atoms with Crippen molar-refractivity contribution in [3.05, 3.63) is 54.5 Å². The van der Waals surface area contributed by atoms with Crippen molar-refractivity contribution in [2.45, 2.75) is 0 Å². The molecule has 0 unspecified atom stereocenters. The molecule has 0 aliphatic carbocycles. The average Bonchev–Trinajstić information content (AvgIpc) is 2.46. The van der Waals surface area contributed by atoms with Crippen LogP contribution in [0.1, 0.15) is 0 Å². The standard InChI is InChI=1S/C7H5BrFIO.C7H6BrFO/c1-11-7-2-4(8)5(9)3-6(7)10;1-10-5-2-3-7(9)6(8)4-5/h2-3H,1H3;2-4H,1H3. The fourth-order valence-electron chi connectivity index (χ4n) is 1.26. The third-order valence-electron chi connectivity index (χ3n) is 2.32. The molecule has 0 fully saturated rings. The van der Waals surface area contributed by atoms with E-state index in [2.05, 4.69) is 31.9 Å². The molecule has 0 radical (unpaired) electrons. The van der Waals surface area contributed by atoms with E-state index in [1.807, 2.05) is 22.6 Å². The number of rotatable bonds is 2. The quantitative estimate of drug-likeness (QED) is 0.358. The molecule has 0 N–H and O–H groups in total. The molecule has 0 atom stereocenters. The topological polar surface area (TPSA) is 18.5 Å². The lowest BCUT2D eigenvalue weighted by Gasteiger charge is -2.03. The molecule has 7 heteroatoms. The SMILES string of the molecule is COc1cc(Br)c(F)cc1I.COc1ccc(F)c(Br)c1. The Bertz CT molecular complexity index is 624. The molecule has 0 bridgehead atoms. The third kappa shape index (κ3) is 5.71. The number of methoxy groups -OCH3 is 2. The van der Waals surface area contributed by atoms with Crippen LogP contribution in [0.15, 0.2) is 39.3 Å². The van der Waals surface area contributed by atoms with E-state index in [-0.39, 0.29) is 11.6 Å². The van der Waals surface area contributed by atoms with Gasteiger partial charge in [-0.05, 0) is 84.8 Å². The summed E-state index contributed by atoms with van der Waals surface area (Å²) in [6.07, 6.45) is 0. The van der Waals surface area contributed by atoms with Gasteiger partial charge in [-0.2, -0.15) is 0 Å². The largest absolute Gasteiger partial charge is 0.497 e. The Morgan fingerprint density at radius 1 is 0.905 bits per heavy atom. The lowest BCUT2D eigenvalue weighted by Crippen LogP contribution is -1.88. The predicted octanol–water partition coefficient (Wildman–Crippen LogP) is 5.80. The van der Waals surface area contributed by atoms with Crippen molar-refractivity contribution in [2.75, 3.05) is 14.2 Å². The van der Waals surface area contributed by atoms with E-state index in [1.165, 1.54) is 12.1 Å².